The molecule has 0 aliphatic carbocycles. The summed E-state index contributed by atoms with van der Waals surface area (Å²) in [6.07, 6.45) is 4.69. The first kappa shape index (κ1) is 21.8. The molecule has 4 rings (SSSR count). The molecule has 164 valence electrons. The predicted molar refractivity (Wildman–Crippen MR) is 116 cm³/mol. The van der Waals surface area contributed by atoms with Crippen molar-refractivity contribution in [3.05, 3.63) is 94.6 Å². The van der Waals surface area contributed by atoms with E-state index in [1.807, 2.05) is 38.1 Å². The second-order valence-corrected chi connectivity index (χ2v) is 7.99. The summed E-state index contributed by atoms with van der Waals surface area (Å²) in [4.78, 5) is 21.2. The molecule has 0 radical (unpaired) electrons. The van der Waals surface area contributed by atoms with E-state index in [2.05, 4.69) is 9.97 Å². The Morgan fingerprint density at radius 1 is 1.12 bits per heavy atom. The average Bonchev–Trinajstić information content (AvgIpc) is 2.74. The number of carbonyl (C=O) groups excluding carboxylic acids is 1. The number of hydrogen-bond donors (Lipinski definition) is 0. The van der Waals surface area contributed by atoms with E-state index in [4.69, 9.17) is 9.47 Å². The van der Waals surface area contributed by atoms with Crippen molar-refractivity contribution in [3.63, 3.8) is 0 Å². The summed E-state index contributed by atoms with van der Waals surface area (Å²) >= 11 is 0. The number of carbonyl (C=O) groups is 1. The van der Waals surface area contributed by atoms with E-state index < -0.39 is 28.6 Å². The third-order valence-electron chi connectivity index (χ3n) is 5.21. The molecule has 1 unspecified atom stereocenters. The number of ether oxygens (including phenoxy) is 2. The Kier molecular flexibility index (Phi) is 5.84. The standard InChI is InChI=1S/C25H22F2N2O3/c1-15-7-8-23-17(9-15)18(11-25(2,32-23)14-31-3)21-13-28-16(12-29-21)10-22(30)24-19(26)5-4-6-20(24)27/h4-9,11-13H,10,14H2,1-3H3. The number of aromatic nitrogens is 2. The molecular formula is C25H22F2N2O3. The Bertz CT molecular complexity index is 1190. The zero-order valence-corrected chi connectivity index (χ0v) is 18.0. The van der Waals surface area contributed by atoms with Gasteiger partial charge in [0.05, 0.1) is 36.2 Å². The van der Waals surface area contributed by atoms with Crippen molar-refractivity contribution in [1.82, 2.24) is 9.97 Å². The van der Waals surface area contributed by atoms with Crippen molar-refractivity contribution in [2.24, 2.45) is 0 Å². The van der Waals surface area contributed by atoms with E-state index >= 15 is 0 Å². The number of fused-ring (bicyclic) bond motifs is 1. The molecule has 3 aromatic rings. The molecule has 0 fully saturated rings. The Balaban J connectivity index is 1.65. The Hall–Kier alpha value is -3.45. The van der Waals surface area contributed by atoms with Gasteiger partial charge in [0, 0.05) is 24.4 Å². The van der Waals surface area contributed by atoms with Gasteiger partial charge in [-0.25, -0.2) is 8.78 Å². The van der Waals surface area contributed by atoms with Gasteiger partial charge in [-0.05, 0) is 44.2 Å². The number of ketones is 1. The molecule has 1 aromatic heterocycles. The summed E-state index contributed by atoms with van der Waals surface area (Å²) < 4.78 is 39.3. The van der Waals surface area contributed by atoms with E-state index in [1.54, 1.807) is 13.3 Å². The molecule has 7 heteroatoms. The minimum atomic E-state index is -0.892. The molecule has 32 heavy (non-hydrogen) atoms. The van der Waals surface area contributed by atoms with E-state index in [0.717, 1.165) is 28.8 Å². The van der Waals surface area contributed by atoms with Crippen LogP contribution in [0.25, 0.3) is 5.57 Å². The molecule has 0 N–H and O–H groups in total. The summed E-state index contributed by atoms with van der Waals surface area (Å²) in [5.41, 5.74) is 2.44. The summed E-state index contributed by atoms with van der Waals surface area (Å²) in [7, 11) is 1.61. The number of benzene rings is 2. The smallest absolute Gasteiger partial charge is 0.174 e. The zero-order chi connectivity index (χ0) is 22.9. The lowest BCUT2D eigenvalue weighted by Crippen LogP contribution is -2.38. The van der Waals surface area contributed by atoms with E-state index in [-0.39, 0.29) is 6.42 Å². The molecule has 1 aliphatic heterocycles. The second-order valence-electron chi connectivity index (χ2n) is 7.99. The van der Waals surface area contributed by atoms with Crippen LogP contribution in [-0.4, -0.2) is 35.1 Å². The Morgan fingerprint density at radius 2 is 1.88 bits per heavy atom. The largest absolute Gasteiger partial charge is 0.480 e. The van der Waals surface area contributed by atoms with E-state index in [9.17, 15) is 13.6 Å². The maximum atomic E-state index is 13.9. The van der Waals surface area contributed by atoms with Crippen LogP contribution in [0.5, 0.6) is 5.75 Å². The lowest BCUT2D eigenvalue weighted by molar-refractivity contribution is 0.0374. The van der Waals surface area contributed by atoms with Crippen LogP contribution in [0.4, 0.5) is 8.78 Å². The molecule has 5 nitrogen and oxygen atoms in total. The molecular weight excluding hydrogens is 414 g/mol. The van der Waals surface area contributed by atoms with Crippen molar-refractivity contribution in [2.75, 3.05) is 13.7 Å². The van der Waals surface area contributed by atoms with Crippen LogP contribution < -0.4 is 4.74 Å². The highest BCUT2D eigenvalue weighted by Crippen LogP contribution is 2.39. The third kappa shape index (κ3) is 4.29. The fraction of sp³-hybridized carbons (Fsp3) is 0.240. The van der Waals surface area contributed by atoms with Gasteiger partial charge in [0.2, 0.25) is 0 Å². The van der Waals surface area contributed by atoms with Crippen molar-refractivity contribution < 1.29 is 23.0 Å². The number of halogens is 2. The molecule has 1 atom stereocenters. The quantitative estimate of drug-likeness (QED) is 0.524. The molecule has 2 aromatic carbocycles. The highest BCUT2D eigenvalue weighted by atomic mass is 19.1. The van der Waals surface area contributed by atoms with Gasteiger partial charge in [0.15, 0.2) is 5.78 Å². The molecule has 1 aliphatic rings. The van der Waals surface area contributed by atoms with Gasteiger partial charge in [0.1, 0.15) is 23.0 Å². The second kappa shape index (κ2) is 8.59. The van der Waals surface area contributed by atoms with Crippen molar-refractivity contribution in [1.29, 1.82) is 0 Å². The fourth-order valence-electron chi connectivity index (χ4n) is 3.78. The molecule has 0 spiro atoms. The number of aryl methyl sites for hydroxylation is 1. The zero-order valence-electron chi connectivity index (χ0n) is 18.0. The number of rotatable bonds is 6. The summed E-state index contributed by atoms with van der Waals surface area (Å²) in [5, 5.41) is 0. The van der Waals surface area contributed by atoms with Gasteiger partial charge in [-0.1, -0.05) is 17.7 Å². The van der Waals surface area contributed by atoms with Crippen LogP contribution in [0.2, 0.25) is 0 Å². The normalized spacial score (nSPS) is 17.3. The number of nitrogens with zero attached hydrogens (tertiary/aromatic N) is 2. The average molecular weight is 436 g/mol. The minimum absolute atomic E-state index is 0.260. The number of methoxy groups -OCH3 is 1. The first-order valence-electron chi connectivity index (χ1n) is 10.1. The lowest BCUT2D eigenvalue weighted by Gasteiger charge is -2.33. The molecule has 0 bridgehead atoms. The number of hydrogen-bond acceptors (Lipinski definition) is 5. The van der Waals surface area contributed by atoms with Crippen molar-refractivity contribution in [2.45, 2.75) is 25.9 Å². The third-order valence-corrected chi connectivity index (χ3v) is 5.21. The monoisotopic (exact) mass is 436 g/mol. The van der Waals surface area contributed by atoms with Crippen LogP contribution in [0.1, 0.15) is 39.8 Å². The SMILES string of the molecule is COCC1(C)C=C(c2cnc(CC(=O)c3c(F)cccc3F)cn2)c2cc(C)ccc2O1. The van der Waals surface area contributed by atoms with Crippen molar-refractivity contribution >= 4 is 11.4 Å². The molecule has 0 saturated carbocycles. The van der Waals surface area contributed by atoms with Gasteiger partial charge < -0.3 is 9.47 Å². The van der Waals surface area contributed by atoms with Crippen LogP contribution in [-0.2, 0) is 11.2 Å². The van der Waals surface area contributed by atoms with Gasteiger partial charge in [-0.2, -0.15) is 0 Å². The van der Waals surface area contributed by atoms with Crippen LogP contribution in [0, 0.1) is 18.6 Å². The predicted octanol–water partition coefficient (Wildman–Crippen LogP) is 4.72. The van der Waals surface area contributed by atoms with Gasteiger partial charge in [-0.15, -0.1) is 0 Å². The van der Waals surface area contributed by atoms with Gasteiger partial charge in [-0.3, -0.25) is 14.8 Å². The van der Waals surface area contributed by atoms with E-state index in [1.165, 1.54) is 12.3 Å². The Labute approximate surface area is 184 Å². The van der Waals surface area contributed by atoms with Crippen LogP contribution in [0.3, 0.4) is 0 Å². The Morgan fingerprint density at radius 3 is 2.53 bits per heavy atom. The maximum absolute atomic E-state index is 13.9. The minimum Gasteiger partial charge on any atom is -0.480 e. The van der Waals surface area contributed by atoms with Crippen molar-refractivity contribution in [3.8, 4) is 5.75 Å². The summed E-state index contributed by atoms with van der Waals surface area (Å²) in [6.45, 7) is 4.25. The molecule has 2 heterocycles. The highest BCUT2D eigenvalue weighted by molar-refractivity contribution is 5.97. The summed E-state index contributed by atoms with van der Waals surface area (Å²) in [5.74, 6) is -1.77. The first-order chi connectivity index (χ1) is 15.3. The fourth-order valence-corrected chi connectivity index (χ4v) is 3.78. The van der Waals surface area contributed by atoms with Crippen LogP contribution in [0.15, 0.2) is 54.9 Å². The number of Topliss-reactive ketones (excluding diaryl/α,β-unsaturated/α-hetero) is 1. The molecule has 0 saturated heterocycles. The maximum Gasteiger partial charge on any atom is 0.174 e. The summed E-state index contributed by atoms with van der Waals surface area (Å²) in [6, 6.07) is 9.22. The van der Waals surface area contributed by atoms with Crippen LogP contribution >= 0.6 is 0 Å². The molecule has 0 amide bonds. The lowest BCUT2D eigenvalue weighted by atomic mass is 9.91. The van der Waals surface area contributed by atoms with E-state index in [0.29, 0.717) is 23.7 Å². The topological polar surface area (TPSA) is 61.3 Å². The van der Waals surface area contributed by atoms with Gasteiger partial charge >= 0.3 is 0 Å². The highest BCUT2D eigenvalue weighted by Gasteiger charge is 2.32. The first-order valence-corrected chi connectivity index (χ1v) is 10.1. The van der Waals surface area contributed by atoms with Gasteiger partial charge in [0.25, 0.3) is 0 Å².